The van der Waals surface area contributed by atoms with Gasteiger partial charge in [0.1, 0.15) is 5.82 Å². The van der Waals surface area contributed by atoms with Gasteiger partial charge in [-0.05, 0) is 55.3 Å². The Morgan fingerprint density at radius 2 is 1.66 bits per heavy atom. The lowest BCUT2D eigenvalue weighted by Gasteiger charge is -2.35. The number of benzene rings is 3. The molecule has 0 spiro atoms. The summed E-state index contributed by atoms with van der Waals surface area (Å²) in [5, 5.41) is 1.57. The number of aromatic nitrogens is 1. The summed E-state index contributed by atoms with van der Waals surface area (Å²) in [6.45, 7) is 8.10. The van der Waals surface area contributed by atoms with Crippen LogP contribution in [0.1, 0.15) is 32.7 Å². The number of carbonyl (C=O) groups is 1. The highest BCUT2D eigenvalue weighted by Crippen LogP contribution is 2.28. The van der Waals surface area contributed by atoms with Gasteiger partial charge in [-0.3, -0.25) is 9.69 Å². The van der Waals surface area contributed by atoms with Crippen molar-refractivity contribution in [1.82, 2.24) is 14.4 Å². The first kappa shape index (κ1) is 23.6. The van der Waals surface area contributed by atoms with E-state index in [-0.39, 0.29) is 11.7 Å². The number of rotatable bonds is 5. The molecule has 5 rings (SSSR count). The van der Waals surface area contributed by atoms with E-state index < -0.39 is 0 Å². The van der Waals surface area contributed by atoms with Crippen LogP contribution in [0.3, 0.4) is 0 Å². The Labute approximate surface area is 210 Å². The van der Waals surface area contributed by atoms with Crippen LogP contribution >= 0.6 is 11.6 Å². The second kappa shape index (κ2) is 9.84. The van der Waals surface area contributed by atoms with Crippen LogP contribution in [0.2, 0.25) is 5.02 Å². The molecule has 4 aromatic rings. The predicted molar refractivity (Wildman–Crippen MR) is 140 cm³/mol. The van der Waals surface area contributed by atoms with Crippen molar-refractivity contribution in [3.63, 3.8) is 0 Å². The van der Waals surface area contributed by atoms with Crippen LogP contribution in [-0.2, 0) is 13.1 Å². The summed E-state index contributed by atoms with van der Waals surface area (Å²) in [4.78, 5) is 17.4. The third-order valence-electron chi connectivity index (χ3n) is 7.17. The minimum atomic E-state index is -0.283. The Balaban J connectivity index is 1.30. The molecule has 0 unspecified atom stereocenters. The molecule has 0 saturated carbocycles. The number of piperazine rings is 1. The molecule has 0 bridgehead atoms. The molecule has 4 nitrogen and oxygen atoms in total. The Morgan fingerprint density at radius 1 is 0.914 bits per heavy atom. The number of halogens is 2. The zero-order valence-electron chi connectivity index (χ0n) is 20.1. The fraction of sp³-hybridized carbons (Fsp3) is 0.276. The molecule has 1 aromatic heterocycles. The molecule has 1 aliphatic rings. The standard InChI is InChI=1S/C29H29ClFN3O/c1-20-21(2)34(18-22-7-4-3-5-8-22)28-12-11-23(17-24(20)28)29(35)33-15-13-32(14-16-33)19-25-26(30)9-6-10-27(25)31/h3-12,17H,13-16,18-19H2,1-2H3. The van der Waals surface area contributed by atoms with E-state index in [2.05, 4.69) is 53.6 Å². The van der Waals surface area contributed by atoms with Crippen LogP contribution in [0.4, 0.5) is 4.39 Å². The zero-order chi connectivity index (χ0) is 24.5. The highest BCUT2D eigenvalue weighted by molar-refractivity contribution is 6.31. The number of nitrogens with zero attached hydrogens (tertiary/aromatic N) is 3. The van der Waals surface area contributed by atoms with E-state index in [1.54, 1.807) is 12.1 Å². The lowest BCUT2D eigenvalue weighted by atomic mass is 10.1. The first-order valence-corrected chi connectivity index (χ1v) is 12.4. The average Bonchev–Trinajstić information content (AvgIpc) is 3.11. The highest BCUT2D eigenvalue weighted by Gasteiger charge is 2.24. The monoisotopic (exact) mass is 489 g/mol. The summed E-state index contributed by atoms with van der Waals surface area (Å²) in [5.74, 6) is -0.238. The summed E-state index contributed by atoms with van der Waals surface area (Å²) in [5.41, 5.74) is 6.05. The maximum atomic E-state index is 14.2. The zero-order valence-corrected chi connectivity index (χ0v) is 20.9. The van der Waals surface area contributed by atoms with Crippen molar-refractivity contribution in [3.05, 3.63) is 106 Å². The van der Waals surface area contributed by atoms with Gasteiger partial charge in [0.25, 0.3) is 5.91 Å². The molecule has 2 heterocycles. The number of aryl methyl sites for hydroxylation is 1. The number of hydrogen-bond donors (Lipinski definition) is 0. The minimum Gasteiger partial charge on any atom is -0.340 e. The second-order valence-corrected chi connectivity index (χ2v) is 9.69. The van der Waals surface area contributed by atoms with E-state index in [1.807, 2.05) is 23.1 Å². The third-order valence-corrected chi connectivity index (χ3v) is 7.53. The Kier molecular flexibility index (Phi) is 6.63. The Hall–Kier alpha value is -3.15. The van der Waals surface area contributed by atoms with E-state index in [4.69, 9.17) is 11.6 Å². The van der Waals surface area contributed by atoms with Crippen molar-refractivity contribution in [2.75, 3.05) is 26.2 Å². The molecule has 6 heteroatoms. The topological polar surface area (TPSA) is 28.5 Å². The lowest BCUT2D eigenvalue weighted by molar-refractivity contribution is 0.0627. The highest BCUT2D eigenvalue weighted by atomic mass is 35.5. The first-order chi connectivity index (χ1) is 16.9. The molecule has 3 aromatic carbocycles. The van der Waals surface area contributed by atoms with Gasteiger partial charge >= 0.3 is 0 Å². The smallest absolute Gasteiger partial charge is 0.253 e. The normalized spacial score (nSPS) is 14.6. The van der Waals surface area contributed by atoms with Crippen LogP contribution in [-0.4, -0.2) is 46.5 Å². The number of amides is 1. The largest absolute Gasteiger partial charge is 0.340 e. The molecule has 1 amide bonds. The van der Waals surface area contributed by atoms with Crippen LogP contribution in [0, 0.1) is 19.7 Å². The SMILES string of the molecule is Cc1c(C)n(Cc2ccccc2)c2ccc(C(=O)N3CCN(Cc4c(F)cccc4Cl)CC3)cc12. The van der Waals surface area contributed by atoms with Gasteiger partial charge in [0, 0.05) is 72.0 Å². The molecule has 0 radical (unpaired) electrons. The summed E-state index contributed by atoms with van der Waals surface area (Å²) in [6.07, 6.45) is 0. The van der Waals surface area contributed by atoms with Crippen LogP contribution in [0.15, 0.2) is 66.7 Å². The quantitative estimate of drug-likeness (QED) is 0.341. The van der Waals surface area contributed by atoms with E-state index in [0.29, 0.717) is 48.9 Å². The van der Waals surface area contributed by atoms with Gasteiger partial charge < -0.3 is 9.47 Å². The molecular formula is C29H29ClFN3O. The minimum absolute atomic E-state index is 0.0448. The van der Waals surface area contributed by atoms with Gasteiger partial charge in [-0.15, -0.1) is 0 Å². The molecule has 0 atom stereocenters. The predicted octanol–water partition coefficient (Wildman–Crippen LogP) is 6.06. The number of hydrogen-bond acceptors (Lipinski definition) is 2. The van der Waals surface area contributed by atoms with Crippen molar-refractivity contribution in [2.24, 2.45) is 0 Å². The van der Waals surface area contributed by atoms with Crippen molar-refractivity contribution in [2.45, 2.75) is 26.9 Å². The second-order valence-electron chi connectivity index (χ2n) is 9.28. The number of fused-ring (bicyclic) bond motifs is 1. The van der Waals surface area contributed by atoms with Crippen molar-refractivity contribution in [3.8, 4) is 0 Å². The molecule has 180 valence electrons. The van der Waals surface area contributed by atoms with Gasteiger partial charge in [-0.25, -0.2) is 4.39 Å². The first-order valence-electron chi connectivity index (χ1n) is 12.0. The lowest BCUT2D eigenvalue weighted by Crippen LogP contribution is -2.48. The van der Waals surface area contributed by atoms with E-state index >= 15 is 0 Å². The van der Waals surface area contributed by atoms with Gasteiger partial charge in [0.2, 0.25) is 0 Å². The van der Waals surface area contributed by atoms with Crippen LogP contribution < -0.4 is 0 Å². The van der Waals surface area contributed by atoms with Crippen molar-refractivity contribution >= 4 is 28.4 Å². The Morgan fingerprint density at radius 3 is 2.37 bits per heavy atom. The number of carbonyl (C=O) groups excluding carboxylic acids is 1. The summed E-state index contributed by atoms with van der Waals surface area (Å²) < 4.78 is 16.5. The van der Waals surface area contributed by atoms with Crippen LogP contribution in [0.25, 0.3) is 10.9 Å². The fourth-order valence-corrected chi connectivity index (χ4v) is 5.17. The molecule has 0 N–H and O–H groups in total. The van der Waals surface area contributed by atoms with Crippen LogP contribution in [0.5, 0.6) is 0 Å². The van der Waals surface area contributed by atoms with Gasteiger partial charge in [0.05, 0.1) is 0 Å². The maximum absolute atomic E-state index is 14.2. The van der Waals surface area contributed by atoms with Crippen molar-refractivity contribution < 1.29 is 9.18 Å². The average molecular weight is 490 g/mol. The summed E-state index contributed by atoms with van der Waals surface area (Å²) in [7, 11) is 0. The van der Waals surface area contributed by atoms with E-state index in [0.717, 1.165) is 17.4 Å². The molecule has 35 heavy (non-hydrogen) atoms. The fourth-order valence-electron chi connectivity index (χ4n) is 4.95. The molecule has 1 fully saturated rings. The Bertz CT molecular complexity index is 1350. The maximum Gasteiger partial charge on any atom is 0.253 e. The van der Waals surface area contributed by atoms with E-state index in [1.165, 1.54) is 22.9 Å². The van der Waals surface area contributed by atoms with Gasteiger partial charge in [0.15, 0.2) is 0 Å². The molecular weight excluding hydrogens is 461 g/mol. The molecule has 0 aliphatic carbocycles. The third kappa shape index (κ3) is 4.71. The van der Waals surface area contributed by atoms with Gasteiger partial charge in [-0.2, -0.15) is 0 Å². The molecule has 1 saturated heterocycles. The van der Waals surface area contributed by atoms with Crippen molar-refractivity contribution in [1.29, 1.82) is 0 Å². The van der Waals surface area contributed by atoms with Gasteiger partial charge in [-0.1, -0.05) is 48.0 Å². The summed E-state index contributed by atoms with van der Waals surface area (Å²) in [6, 6.07) is 21.2. The van der Waals surface area contributed by atoms with E-state index in [9.17, 15) is 9.18 Å². The summed E-state index contributed by atoms with van der Waals surface area (Å²) >= 11 is 6.19. The molecule has 1 aliphatic heterocycles.